The van der Waals surface area contributed by atoms with Crippen molar-refractivity contribution in [2.45, 2.75) is 13.5 Å². The monoisotopic (exact) mass is 346 g/mol. The molecule has 1 heterocycles. The first-order chi connectivity index (χ1) is 11.5. The lowest BCUT2D eigenvalue weighted by atomic mass is 10.2. The van der Waals surface area contributed by atoms with E-state index in [2.05, 4.69) is 5.32 Å². The van der Waals surface area contributed by atoms with Gasteiger partial charge in [0.25, 0.3) is 5.91 Å². The van der Waals surface area contributed by atoms with Crippen molar-refractivity contribution in [1.82, 2.24) is 15.1 Å². The van der Waals surface area contributed by atoms with Gasteiger partial charge < -0.3 is 15.1 Å². The molecule has 0 atom stereocenters. The van der Waals surface area contributed by atoms with Crippen LogP contribution in [0.4, 0.5) is 0 Å². The van der Waals surface area contributed by atoms with E-state index < -0.39 is 0 Å². The highest BCUT2D eigenvalue weighted by Gasteiger charge is 2.24. The molecule has 0 saturated carbocycles. The number of carbonyl (C=O) groups excluding carboxylic acids is 2. The molecule has 1 N–H and O–H groups in total. The summed E-state index contributed by atoms with van der Waals surface area (Å²) in [5.74, 6) is -0.319. The van der Waals surface area contributed by atoms with E-state index in [4.69, 9.17) is 11.6 Å². The number of rotatable bonds is 4. The van der Waals surface area contributed by atoms with E-state index in [-0.39, 0.29) is 17.4 Å². The Bertz CT molecular complexity index is 688. The molecule has 1 aromatic carbocycles. The highest BCUT2D eigenvalue weighted by molar-refractivity contribution is 6.30. The molecule has 6 nitrogen and oxygen atoms in total. The molecule has 2 amide bonds. The number of nitrogens with one attached hydrogen (secondary N) is 1. The van der Waals surface area contributed by atoms with Crippen molar-refractivity contribution in [2.75, 3.05) is 26.2 Å². The number of hydrogen-bond acceptors (Lipinski definition) is 4. The number of halogens is 1. The van der Waals surface area contributed by atoms with E-state index in [1.165, 1.54) is 13.1 Å². The summed E-state index contributed by atoms with van der Waals surface area (Å²) < 4.78 is 0. The van der Waals surface area contributed by atoms with Gasteiger partial charge >= 0.3 is 0 Å². The van der Waals surface area contributed by atoms with Gasteiger partial charge in [-0.05, 0) is 17.7 Å². The number of amides is 2. The van der Waals surface area contributed by atoms with E-state index in [0.29, 0.717) is 37.7 Å². The van der Waals surface area contributed by atoms with E-state index in [1.54, 1.807) is 15.9 Å². The number of benzene rings is 1. The van der Waals surface area contributed by atoms with Gasteiger partial charge in [0.15, 0.2) is 0 Å². The molecule has 1 saturated heterocycles. The molecule has 1 aromatic rings. The second-order valence-electron chi connectivity index (χ2n) is 5.48. The van der Waals surface area contributed by atoms with Crippen molar-refractivity contribution in [3.63, 3.8) is 0 Å². The zero-order chi connectivity index (χ0) is 17.5. The van der Waals surface area contributed by atoms with Gasteiger partial charge in [0.05, 0.1) is 0 Å². The zero-order valence-electron chi connectivity index (χ0n) is 13.5. The molecular weight excluding hydrogens is 328 g/mol. The van der Waals surface area contributed by atoms with E-state index in [1.807, 2.05) is 24.3 Å². The Labute approximate surface area is 146 Å². The van der Waals surface area contributed by atoms with Gasteiger partial charge in [0, 0.05) is 50.9 Å². The van der Waals surface area contributed by atoms with Gasteiger partial charge in [0.2, 0.25) is 5.91 Å². The molecule has 126 valence electrons. The predicted molar refractivity (Wildman–Crippen MR) is 90.8 cm³/mol. The van der Waals surface area contributed by atoms with E-state index in [0.717, 1.165) is 5.56 Å². The van der Waals surface area contributed by atoms with Crippen LogP contribution < -0.4 is 5.32 Å². The van der Waals surface area contributed by atoms with Gasteiger partial charge in [-0.25, -0.2) is 0 Å². The topological polar surface area (TPSA) is 76.4 Å². The van der Waals surface area contributed by atoms with Crippen molar-refractivity contribution >= 4 is 23.4 Å². The second-order valence-corrected chi connectivity index (χ2v) is 5.92. The molecule has 0 radical (unpaired) electrons. The Kier molecular flexibility index (Phi) is 6.21. The fraction of sp³-hybridized carbons (Fsp3) is 0.353. The number of carbonyl (C=O) groups is 2. The smallest absolute Gasteiger partial charge is 0.266 e. The minimum absolute atomic E-state index is 0.00124. The summed E-state index contributed by atoms with van der Waals surface area (Å²) in [7, 11) is 0. The molecule has 0 spiro atoms. The van der Waals surface area contributed by atoms with Gasteiger partial charge in [-0.2, -0.15) is 5.26 Å². The number of nitrogens with zero attached hydrogens (tertiary/aromatic N) is 3. The zero-order valence-corrected chi connectivity index (χ0v) is 14.2. The van der Waals surface area contributed by atoms with Crippen molar-refractivity contribution in [3.05, 3.63) is 46.6 Å². The van der Waals surface area contributed by atoms with Gasteiger partial charge in [-0.3, -0.25) is 9.59 Å². The Morgan fingerprint density at radius 3 is 2.54 bits per heavy atom. The highest BCUT2D eigenvalue weighted by Crippen LogP contribution is 2.11. The van der Waals surface area contributed by atoms with Gasteiger partial charge in [-0.1, -0.05) is 23.7 Å². The third-order valence-corrected chi connectivity index (χ3v) is 4.04. The largest absolute Gasteiger partial charge is 0.386 e. The second kappa shape index (κ2) is 8.37. The van der Waals surface area contributed by atoms with Crippen molar-refractivity contribution in [2.24, 2.45) is 0 Å². The van der Waals surface area contributed by atoms with Crippen LogP contribution in [-0.4, -0.2) is 47.8 Å². The Balaban J connectivity index is 1.92. The van der Waals surface area contributed by atoms with Crippen LogP contribution in [0.5, 0.6) is 0 Å². The molecular formula is C17H19ClN4O2. The van der Waals surface area contributed by atoms with Crippen LogP contribution in [0.3, 0.4) is 0 Å². The molecule has 0 unspecified atom stereocenters. The quantitative estimate of drug-likeness (QED) is 0.662. The molecule has 1 fully saturated rings. The maximum Gasteiger partial charge on any atom is 0.266 e. The lowest BCUT2D eigenvalue weighted by Crippen LogP contribution is -2.50. The van der Waals surface area contributed by atoms with Gasteiger partial charge in [-0.15, -0.1) is 0 Å². The normalized spacial score (nSPS) is 15.0. The number of nitriles is 1. The lowest BCUT2D eigenvalue weighted by molar-refractivity contribution is -0.136. The van der Waals surface area contributed by atoms with Crippen molar-refractivity contribution in [1.29, 1.82) is 5.26 Å². The van der Waals surface area contributed by atoms with Crippen molar-refractivity contribution < 1.29 is 9.59 Å². The SMILES string of the molecule is CC(=O)N1CCN(C(=O)/C(C#N)=C\NCc2cccc(Cl)c2)CC1. The Hall–Kier alpha value is -2.52. The molecule has 1 aliphatic heterocycles. The fourth-order valence-corrected chi connectivity index (χ4v) is 2.67. The Morgan fingerprint density at radius 1 is 1.29 bits per heavy atom. The van der Waals surface area contributed by atoms with Crippen LogP contribution >= 0.6 is 11.6 Å². The predicted octanol–water partition coefficient (Wildman–Crippen LogP) is 1.53. The summed E-state index contributed by atoms with van der Waals surface area (Å²) in [5, 5.41) is 12.8. The van der Waals surface area contributed by atoms with E-state index >= 15 is 0 Å². The maximum atomic E-state index is 12.4. The van der Waals surface area contributed by atoms with Gasteiger partial charge in [0.1, 0.15) is 11.6 Å². The van der Waals surface area contributed by atoms with Crippen molar-refractivity contribution in [3.8, 4) is 6.07 Å². The summed E-state index contributed by atoms with van der Waals surface area (Å²) in [5.41, 5.74) is 1.01. The fourth-order valence-electron chi connectivity index (χ4n) is 2.45. The summed E-state index contributed by atoms with van der Waals surface area (Å²) >= 11 is 5.92. The first kappa shape index (κ1) is 17.8. The first-order valence-electron chi connectivity index (χ1n) is 7.64. The highest BCUT2D eigenvalue weighted by atomic mass is 35.5. The minimum atomic E-state index is -0.320. The molecule has 0 bridgehead atoms. The Morgan fingerprint density at radius 2 is 1.96 bits per heavy atom. The van der Waals surface area contributed by atoms with Crippen LogP contribution in [0.1, 0.15) is 12.5 Å². The van der Waals surface area contributed by atoms with Crippen LogP contribution in [0.15, 0.2) is 36.0 Å². The van der Waals surface area contributed by atoms with E-state index in [9.17, 15) is 14.9 Å². The molecule has 0 aromatic heterocycles. The average Bonchev–Trinajstić information content (AvgIpc) is 2.58. The standard InChI is InChI=1S/C17H19ClN4O2/c1-13(23)21-5-7-22(8-6-21)17(24)15(10-19)12-20-11-14-3-2-4-16(18)9-14/h2-4,9,12,20H,5-8,11H2,1H3/b15-12-. The molecule has 0 aliphatic carbocycles. The van der Waals surface area contributed by atoms with Crippen LogP contribution in [0, 0.1) is 11.3 Å². The molecule has 7 heteroatoms. The summed E-state index contributed by atoms with van der Waals surface area (Å²) in [6.07, 6.45) is 1.43. The third-order valence-electron chi connectivity index (χ3n) is 3.80. The van der Waals surface area contributed by atoms with Crippen LogP contribution in [-0.2, 0) is 16.1 Å². The van der Waals surface area contributed by atoms with Crippen LogP contribution in [0.2, 0.25) is 5.02 Å². The first-order valence-corrected chi connectivity index (χ1v) is 8.02. The molecule has 24 heavy (non-hydrogen) atoms. The third kappa shape index (κ3) is 4.74. The van der Waals surface area contributed by atoms with Crippen LogP contribution in [0.25, 0.3) is 0 Å². The number of piperazine rings is 1. The molecule has 2 rings (SSSR count). The molecule has 1 aliphatic rings. The average molecular weight is 347 g/mol. The summed E-state index contributed by atoms with van der Waals surface area (Å²) in [6.45, 7) is 3.85. The lowest BCUT2D eigenvalue weighted by Gasteiger charge is -2.34. The minimum Gasteiger partial charge on any atom is -0.386 e. The summed E-state index contributed by atoms with van der Waals surface area (Å²) in [4.78, 5) is 27.0. The maximum absolute atomic E-state index is 12.4. The number of hydrogen-bond donors (Lipinski definition) is 1. The summed E-state index contributed by atoms with van der Waals surface area (Å²) in [6, 6.07) is 9.28.